The van der Waals surface area contributed by atoms with Crippen LogP contribution in [0.15, 0.2) is 22.7 Å². The monoisotopic (exact) mass is 288 g/mol. The number of carbonyl (C=O) groups is 1. The van der Waals surface area contributed by atoms with Crippen LogP contribution >= 0.6 is 15.9 Å². The van der Waals surface area contributed by atoms with Gasteiger partial charge in [0.1, 0.15) is 5.82 Å². The van der Waals surface area contributed by atoms with Crippen LogP contribution < -0.4 is 10.6 Å². The summed E-state index contributed by atoms with van der Waals surface area (Å²) in [4.78, 5) is 10.9. The van der Waals surface area contributed by atoms with Crippen LogP contribution in [0.4, 0.5) is 10.1 Å². The number of hydrogen-bond donors (Lipinski definition) is 2. The van der Waals surface area contributed by atoms with Crippen molar-refractivity contribution in [2.45, 2.75) is 12.8 Å². The molecule has 16 heavy (non-hydrogen) atoms. The molecule has 0 aliphatic heterocycles. The number of amides is 1. The topological polar surface area (TPSA) is 41.1 Å². The maximum absolute atomic E-state index is 13.3. The zero-order chi connectivity index (χ0) is 12.0. The molecule has 0 aliphatic carbocycles. The highest BCUT2D eigenvalue weighted by Gasteiger charge is 2.02. The van der Waals surface area contributed by atoms with Crippen LogP contribution in [0.5, 0.6) is 0 Å². The molecule has 0 fully saturated rings. The smallest absolute Gasteiger partial charge is 0.219 e. The molecule has 0 bridgehead atoms. The average molecular weight is 289 g/mol. The van der Waals surface area contributed by atoms with Crippen molar-refractivity contribution in [1.29, 1.82) is 0 Å². The van der Waals surface area contributed by atoms with Gasteiger partial charge in [-0.1, -0.05) is 15.9 Å². The zero-order valence-corrected chi connectivity index (χ0v) is 10.6. The lowest BCUT2D eigenvalue weighted by molar-refractivity contribution is -0.120. The van der Waals surface area contributed by atoms with Gasteiger partial charge < -0.3 is 10.6 Å². The Morgan fingerprint density at radius 1 is 1.50 bits per heavy atom. The predicted molar refractivity (Wildman–Crippen MR) is 65.9 cm³/mol. The van der Waals surface area contributed by atoms with Gasteiger partial charge in [0.15, 0.2) is 0 Å². The van der Waals surface area contributed by atoms with Gasteiger partial charge in [-0.25, -0.2) is 4.39 Å². The van der Waals surface area contributed by atoms with Crippen molar-refractivity contribution >= 4 is 27.5 Å². The fourth-order valence-corrected chi connectivity index (χ4v) is 1.56. The Bertz CT molecular complexity index is 371. The van der Waals surface area contributed by atoms with Crippen LogP contribution in [-0.2, 0) is 4.79 Å². The summed E-state index contributed by atoms with van der Waals surface area (Å²) in [7, 11) is 1.60. The number of carbonyl (C=O) groups excluding carboxylic acids is 1. The second kappa shape index (κ2) is 6.48. The number of hydrogen-bond acceptors (Lipinski definition) is 2. The van der Waals surface area contributed by atoms with E-state index in [4.69, 9.17) is 0 Å². The first-order valence-corrected chi connectivity index (χ1v) is 5.82. The second-order valence-corrected chi connectivity index (χ2v) is 4.24. The number of benzene rings is 1. The summed E-state index contributed by atoms with van der Waals surface area (Å²) in [6.45, 7) is 0.575. The van der Waals surface area contributed by atoms with Crippen LogP contribution in [0.1, 0.15) is 12.8 Å². The van der Waals surface area contributed by atoms with Gasteiger partial charge in [0, 0.05) is 24.5 Å². The molecule has 0 aliphatic rings. The van der Waals surface area contributed by atoms with E-state index in [9.17, 15) is 9.18 Å². The number of rotatable bonds is 5. The van der Waals surface area contributed by atoms with Gasteiger partial charge in [0.2, 0.25) is 5.91 Å². The molecular weight excluding hydrogens is 275 g/mol. The van der Waals surface area contributed by atoms with Crippen LogP contribution in [0.25, 0.3) is 0 Å². The van der Waals surface area contributed by atoms with Gasteiger partial charge in [0.25, 0.3) is 0 Å². The molecule has 1 amide bonds. The van der Waals surface area contributed by atoms with Crippen LogP contribution in [-0.4, -0.2) is 19.5 Å². The van der Waals surface area contributed by atoms with Crippen molar-refractivity contribution in [2.24, 2.45) is 0 Å². The molecule has 0 unspecified atom stereocenters. The van der Waals surface area contributed by atoms with Crippen molar-refractivity contribution in [2.75, 3.05) is 18.9 Å². The maximum Gasteiger partial charge on any atom is 0.219 e. The fourth-order valence-electron chi connectivity index (χ4n) is 1.23. The molecule has 0 spiro atoms. The summed E-state index contributed by atoms with van der Waals surface area (Å²) in [5.41, 5.74) is 0.458. The summed E-state index contributed by atoms with van der Waals surface area (Å²) in [6, 6.07) is 4.84. The van der Waals surface area contributed by atoms with E-state index in [2.05, 4.69) is 26.6 Å². The lowest BCUT2D eigenvalue weighted by atomic mass is 10.2. The molecule has 0 radical (unpaired) electrons. The lowest BCUT2D eigenvalue weighted by Crippen LogP contribution is -2.18. The van der Waals surface area contributed by atoms with E-state index in [1.165, 1.54) is 6.07 Å². The number of anilines is 1. The third kappa shape index (κ3) is 4.18. The lowest BCUT2D eigenvalue weighted by Gasteiger charge is -2.07. The SMILES string of the molecule is CNC(=O)CCCNc1ccc(Br)cc1F. The molecule has 0 saturated heterocycles. The van der Waals surface area contributed by atoms with Crippen molar-refractivity contribution in [1.82, 2.24) is 5.32 Å². The first-order valence-electron chi connectivity index (χ1n) is 5.03. The third-order valence-electron chi connectivity index (χ3n) is 2.11. The summed E-state index contributed by atoms with van der Waals surface area (Å²) in [5, 5.41) is 5.48. The molecule has 2 N–H and O–H groups in total. The molecule has 0 atom stereocenters. The van der Waals surface area contributed by atoms with Crippen molar-refractivity contribution in [3.63, 3.8) is 0 Å². The summed E-state index contributed by atoms with van der Waals surface area (Å²) in [6.07, 6.45) is 1.12. The summed E-state index contributed by atoms with van der Waals surface area (Å²) < 4.78 is 14.0. The standard InChI is InChI=1S/C11H14BrFN2O/c1-14-11(16)3-2-6-15-10-5-4-8(12)7-9(10)13/h4-5,7,15H,2-3,6H2,1H3,(H,14,16). The largest absolute Gasteiger partial charge is 0.383 e. The predicted octanol–water partition coefficient (Wildman–Crippen LogP) is 2.53. The highest BCUT2D eigenvalue weighted by atomic mass is 79.9. The molecule has 88 valence electrons. The average Bonchev–Trinajstić information content (AvgIpc) is 2.26. The maximum atomic E-state index is 13.3. The molecule has 0 heterocycles. The third-order valence-corrected chi connectivity index (χ3v) is 2.60. The normalized spacial score (nSPS) is 9.94. The molecule has 1 aromatic rings. The minimum Gasteiger partial charge on any atom is -0.383 e. The summed E-state index contributed by atoms with van der Waals surface area (Å²) >= 11 is 3.19. The van der Waals surface area contributed by atoms with Crippen molar-refractivity contribution in [3.05, 3.63) is 28.5 Å². The van der Waals surface area contributed by atoms with E-state index in [1.807, 2.05) is 0 Å². The Morgan fingerprint density at radius 3 is 2.88 bits per heavy atom. The van der Waals surface area contributed by atoms with Crippen LogP contribution in [0.3, 0.4) is 0 Å². The van der Waals surface area contributed by atoms with Gasteiger partial charge in [-0.05, 0) is 24.6 Å². The van der Waals surface area contributed by atoms with Gasteiger partial charge in [-0.15, -0.1) is 0 Å². The van der Waals surface area contributed by atoms with Crippen molar-refractivity contribution < 1.29 is 9.18 Å². The van der Waals surface area contributed by atoms with E-state index < -0.39 is 0 Å². The van der Waals surface area contributed by atoms with Crippen LogP contribution in [0, 0.1) is 5.82 Å². The van der Waals surface area contributed by atoms with Crippen LogP contribution in [0.2, 0.25) is 0 Å². The summed E-state index contributed by atoms with van der Waals surface area (Å²) in [5.74, 6) is -0.299. The molecule has 0 saturated carbocycles. The Kier molecular flexibility index (Phi) is 5.25. The van der Waals surface area contributed by atoms with Gasteiger partial charge in [-0.3, -0.25) is 4.79 Å². The Morgan fingerprint density at radius 2 is 2.25 bits per heavy atom. The highest BCUT2D eigenvalue weighted by molar-refractivity contribution is 9.10. The number of halogens is 2. The molecule has 5 heteroatoms. The first kappa shape index (κ1) is 13.0. The van der Waals surface area contributed by atoms with E-state index in [-0.39, 0.29) is 11.7 Å². The van der Waals surface area contributed by atoms with Gasteiger partial charge in [-0.2, -0.15) is 0 Å². The highest BCUT2D eigenvalue weighted by Crippen LogP contribution is 2.19. The molecule has 0 aromatic heterocycles. The minimum absolute atomic E-state index is 0.00178. The number of nitrogens with one attached hydrogen (secondary N) is 2. The van der Waals surface area contributed by atoms with Gasteiger partial charge in [0.05, 0.1) is 5.69 Å². The molecular formula is C11H14BrFN2O. The minimum atomic E-state index is -0.297. The second-order valence-electron chi connectivity index (χ2n) is 3.33. The molecule has 3 nitrogen and oxygen atoms in total. The van der Waals surface area contributed by atoms with Crippen molar-refractivity contribution in [3.8, 4) is 0 Å². The Labute approximate surface area is 103 Å². The van der Waals surface area contributed by atoms with E-state index in [0.717, 1.165) is 0 Å². The first-order chi connectivity index (χ1) is 7.63. The van der Waals surface area contributed by atoms with E-state index >= 15 is 0 Å². The Balaban J connectivity index is 2.35. The van der Waals surface area contributed by atoms with E-state index in [0.29, 0.717) is 29.5 Å². The molecule has 1 rings (SSSR count). The van der Waals surface area contributed by atoms with E-state index in [1.54, 1.807) is 19.2 Å². The molecule has 1 aromatic carbocycles. The Hall–Kier alpha value is -1.10. The van der Waals surface area contributed by atoms with Gasteiger partial charge >= 0.3 is 0 Å². The fraction of sp³-hybridized carbons (Fsp3) is 0.364. The zero-order valence-electron chi connectivity index (χ0n) is 9.02. The quantitative estimate of drug-likeness (QED) is 0.818.